The maximum absolute atomic E-state index is 12.4. The van der Waals surface area contributed by atoms with Crippen LogP contribution < -0.4 is 5.73 Å². The van der Waals surface area contributed by atoms with Crippen LogP contribution in [0, 0.1) is 0 Å². The van der Waals surface area contributed by atoms with Gasteiger partial charge in [-0.3, -0.25) is 4.79 Å². The highest BCUT2D eigenvalue weighted by Crippen LogP contribution is 2.27. The summed E-state index contributed by atoms with van der Waals surface area (Å²) in [5.74, 6) is -3.45. The highest BCUT2D eigenvalue weighted by molar-refractivity contribution is 5.78. The fourth-order valence-corrected chi connectivity index (χ4v) is 0.945. The van der Waals surface area contributed by atoms with Crippen molar-refractivity contribution in [1.82, 2.24) is 0 Å². The minimum atomic E-state index is -2.79. The van der Waals surface area contributed by atoms with Crippen LogP contribution in [0.3, 0.4) is 0 Å². The largest absolute Gasteiger partial charge is 0.367 e. The molecule has 0 aliphatic carbocycles. The second kappa shape index (κ2) is 2.73. The van der Waals surface area contributed by atoms with Gasteiger partial charge in [0.25, 0.3) is 5.92 Å². The minimum absolute atomic E-state index is 0.0162. The Bertz CT molecular complexity index is 162. The lowest BCUT2D eigenvalue weighted by Gasteiger charge is -2.26. The quantitative estimate of drug-likeness (QED) is 0.607. The molecule has 5 heteroatoms. The highest BCUT2D eigenvalue weighted by atomic mass is 19.3. The fourth-order valence-electron chi connectivity index (χ4n) is 0.945. The van der Waals surface area contributed by atoms with Crippen molar-refractivity contribution in [2.24, 2.45) is 5.73 Å². The molecule has 0 spiro atoms. The molecular weight excluding hydrogens is 156 g/mol. The summed E-state index contributed by atoms with van der Waals surface area (Å²) in [4.78, 5) is 10.4. The molecule has 1 aliphatic rings. The lowest BCUT2D eigenvalue weighted by molar-refractivity contribution is -0.159. The van der Waals surface area contributed by atoms with Crippen molar-refractivity contribution in [2.75, 3.05) is 6.61 Å². The molecule has 0 aromatic carbocycles. The first kappa shape index (κ1) is 8.39. The molecule has 1 heterocycles. The predicted octanol–water partition coefficient (Wildman–Crippen LogP) is 0.286. The maximum Gasteiger partial charge on any atom is 0.271 e. The number of hydrogen-bond acceptors (Lipinski definition) is 2. The average molecular weight is 165 g/mol. The molecule has 64 valence electrons. The van der Waals surface area contributed by atoms with Crippen molar-refractivity contribution in [3.63, 3.8) is 0 Å². The summed E-state index contributed by atoms with van der Waals surface area (Å²) in [6.07, 6.45) is -1.13. The zero-order valence-corrected chi connectivity index (χ0v) is 5.85. The van der Waals surface area contributed by atoms with Gasteiger partial charge in [-0.25, -0.2) is 8.78 Å². The Balaban J connectivity index is 2.42. The van der Waals surface area contributed by atoms with Crippen LogP contribution in [0.25, 0.3) is 0 Å². The Morgan fingerprint density at radius 3 is 2.64 bits per heavy atom. The number of halogens is 2. The van der Waals surface area contributed by atoms with Gasteiger partial charge >= 0.3 is 0 Å². The second-order valence-corrected chi connectivity index (χ2v) is 2.60. The molecule has 2 N–H and O–H groups in total. The van der Waals surface area contributed by atoms with Crippen LogP contribution in [0.2, 0.25) is 0 Å². The van der Waals surface area contributed by atoms with Crippen molar-refractivity contribution in [2.45, 2.75) is 24.9 Å². The van der Waals surface area contributed by atoms with Gasteiger partial charge in [-0.1, -0.05) is 0 Å². The normalized spacial score (nSPS) is 29.8. The molecule has 1 aliphatic heterocycles. The van der Waals surface area contributed by atoms with Gasteiger partial charge in [0.15, 0.2) is 0 Å². The molecule has 3 nitrogen and oxygen atoms in total. The summed E-state index contributed by atoms with van der Waals surface area (Å²) in [6, 6.07) is 0. The third-order valence-electron chi connectivity index (χ3n) is 1.59. The Labute approximate surface area is 62.5 Å². The number of alkyl halides is 2. The Morgan fingerprint density at radius 1 is 1.64 bits per heavy atom. The number of rotatable bonds is 1. The molecule has 1 saturated heterocycles. The number of carbonyl (C=O) groups excluding carboxylic acids is 1. The van der Waals surface area contributed by atoms with Gasteiger partial charge in [-0.15, -0.1) is 0 Å². The van der Waals surface area contributed by atoms with E-state index in [-0.39, 0.29) is 12.8 Å². The zero-order valence-electron chi connectivity index (χ0n) is 5.85. The zero-order chi connectivity index (χ0) is 8.48. The third-order valence-corrected chi connectivity index (χ3v) is 1.59. The van der Waals surface area contributed by atoms with E-state index >= 15 is 0 Å². The van der Waals surface area contributed by atoms with Crippen LogP contribution in [-0.4, -0.2) is 24.5 Å². The minimum Gasteiger partial charge on any atom is -0.367 e. The van der Waals surface area contributed by atoms with E-state index < -0.39 is 24.5 Å². The first-order valence-corrected chi connectivity index (χ1v) is 3.30. The van der Waals surface area contributed by atoms with Crippen LogP contribution in [0.5, 0.6) is 0 Å². The SMILES string of the molecule is NC(=O)C1CCC(F)(F)CO1. The smallest absolute Gasteiger partial charge is 0.271 e. The molecule has 1 fully saturated rings. The molecule has 0 radical (unpaired) electrons. The molecule has 0 saturated carbocycles. The van der Waals surface area contributed by atoms with Crippen LogP contribution in [0.4, 0.5) is 8.78 Å². The molecular formula is C6H9F2NO2. The van der Waals surface area contributed by atoms with Crippen molar-refractivity contribution in [1.29, 1.82) is 0 Å². The first-order valence-electron chi connectivity index (χ1n) is 3.30. The number of carbonyl (C=O) groups is 1. The van der Waals surface area contributed by atoms with E-state index in [1.807, 2.05) is 0 Å². The van der Waals surface area contributed by atoms with Crippen LogP contribution >= 0.6 is 0 Å². The number of ether oxygens (including phenoxy) is 1. The third kappa shape index (κ3) is 2.11. The lowest BCUT2D eigenvalue weighted by Crippen LogP contribution is -2.41. The molecule has 0 aromatic heterocycles. The predicted molar refractivity (Wildman–Crippen MR) is 33.1 cm³/mol. The summed E-state index contributed by atoms with van der Waals surface area (Å²) in [7, 11) is 0. The van der Waals surface area contributed by atoms with E-state index in [4.69, 9.17) is 5.73 Å². The van der Waals surface area contributed by atoms with Gasteiger partial charge in [0.2, 0.25) is 5.91 Å². The van der Waals surface area contributed by atoms with Gasteiger partial charge in [0.05, 0.1) is 0 Å². The molecule has 0 bridgehead atoms. The van der Waals surface area contributed by atoms with Crippen LogP contribution in [0.1, 0.15) is 12.8 Å². The molecule has 0 aromatic rings. The molecule has 1 atom stereocenters. The van der Waals surface area contributed by atoms with Crippen LogP contribution in [0.15, 0.2) is 0 Å². The van der Waals surface area contributed by atoms with Gasteiger partial charge in [0.1, 0.15) is 12.7 Å². The second-order valence-electron chi connectivity index (χ2n) is 2.60. The number of hydrogen-bond donors (Lipinski definition) is 1. The monoisotopic (exact) mass is 165 g/mol. The summed E-state index contributed by atoms with van der Waals surface area (Å²) >= 11 is 0. The van der Waals surface area contributed by atoms with E-state index in [9.17, 15) is 13.6 Å². The highest BCUT2D eigenvalue weighted by Gasteiger charge is 2.37. The molecule has 11 heavy (non-hydrogen) atoms. The van der Waals surface area contributed by atoms with Gasteiger partial charge < -0.3 is 10.5 Å². The summed E-state index contributed by atoms with van der Waals surface area (Å²) < 4.78 is 29.3. The Morgan fingerprint density at radius 2 is 2.27 bits per heavy atom. The average Bonchev–Trinajstić information content (AvgIpc) is 1.86. The van der Waals surface area contributed by atoms with Gasteiger partial charge in [0, 0.05) is 6.42 Å². The summed E-state index contributed by atoms with van der Waals surface area (Å²) in [5, 5.41) is 0. The summed E-state index contributed by atoms with van der Waals surface area (Å²) in [5.41, 5.74) is 4.85. The molecule has 1 rings (SSSR count). The standard InChI is InChI=1S/C6H9F2NO2/c7-6(8)2-1-4(5(9)10)11-3-6/h4H,1-3H2,(H2,9,10). The Hall–Kier alpha value is -0.710. The molecule has 1 unspecified atom stereocenters. The van der Waals surface area contributed by atoms with Crippen molar-refractivity contribution >= 4 is 5.91 Å². The van der Waals surface area contributed by atoms with Crippen molar-refractivity contribution in [3.8, 4) is 0 Å². The van der Waals surface area contributed by atoms with Crippen molar-refractivity contribution in [3.05, 3.63) is 0 Å². The van der Waals surface area contributed by atoms with Gasteiger partial charge in [-0.2, -0.15) is 0 Å². The van der Waals surface area contributed by atoms with E-state index in [0.29, 0.717) is 0 Å². The molecule has 1 amide bonds. The Kier molecular flexibility index (Phi) is 2.08. The van der Waals surface area contributed by atoms with Crippen molar-refractivity contribution < 1.29 is 18.3 Å². The van der Waals surface area contributed by atoms with Crippen LogP contribution in [-0.2, 0) is 9.53 Å². The van der Waals surface area contributed by atoms with E-state index in [2.05, 4.69) is 4.74 Å². The summed E-state index contributed by atoms with van der Waals surface area (Å²) in [6.45, 7) is -0.694. The number of primary amides is 1. The number of nitrogens with two attached hydrogens (primary N) is 1. The first-order chi connectivity index (χ1) is 5.01. The lowest BCUT2D eigenvalue weighted by atomic mass is 10.1. The van der Waals surface area contributed by atoms with E-state index in [1.54, 1.807) is 0 Å². The number of amides is 1. The van der Waals surface area contributed by atoms with E-state index in [0.717, 1.165) is 0 Å². The fraction of sp³-hybridized carbons (Fsp3) is 0.833. The van der Waals surface area contributed by atoms with E-state index in [1.165, 1.54) is 0 Å². The van der Waals surface area contributed by atoms with Gasteiger partial charge in [-0.05, 0) is 6.42 Å². The maximum atomic E-state index is 12.4. The topological polar surface area (TPSA) is 52.3 Å².